The molecule has 0 unspecified atom stereocenters. The number of rotatable bonds is 4. The summed E-state index contributed by atoms with van der Waals surface area (Å²) in [7, 11) is 0. The Morgan fingerprint density at radius 1 is 0.955 bits per heavy atom. The Labute approximate surface area is 140 Å². The lowest BCUT2D eigenvalue weighted by Crippen LogP contribution is -2.00. The van der Waals surface area contributed by atoms with Crippen LogP contribution in [0.5, 0.6) is 0 Å². The van der Waals surface area contributed by atoms with Crippen molar-refractivity contribution in [2.75, 3.05) is 0 Å². The highest BCUT2D eigenvalue weighted by Crippen LogP contribution is 2.34. The predicted octanol–water partition coefficient (Wildman–Crippen LogP) is 5.84. The van der Waals surface area contributed by atoms with Gasteiger partial charge < -0.3 is 0 Å². The summed E-state index contributed by atoms with van der Waals surface area (Å²) in [5, 5.41) is 0. The lowest BCUT2D eigenvalue weighted by atomic mass is 9.97. The SMILES string of the molecule is CC(C)Cc1ccc(C2=NC(Br)=C(c3ccccc3)C2)cc1. The number of aliphatic imine (C=N–C) groups is 1. The molecule has 1 aliphatic rings. The van der Waals surface area contributed by atoms with E-state index in [1.54, 1.807) is 0 Å². The van der Waals surface area contributed by atoms with Crippen LogP contribution in [0.15, 0.2) is 64.2 Å². The molecule has 0 fully saturated rings. The molecule has 0 saturated carbocycles. The van der Waals surface area contributed by atoms with E-state index in [1.165, 1.54) is 22.3 Å². The summed E-state index contributed by atoms with van der Waals surface area (Å²) < 4.78 is 0.958. The summed E-state index contributed by atoms with van der Waals surface area (Å²) in [5.74, 6) is 0.690. The van der Waals surface area contributed by atoms with E-state index in [-0.39, 0.29) is 0 Å². The first kappa shape index (κ1) is 15.2. The molecule has 0 aliphatic carbocycles. The van der Waals surface area contributed by atoms with Crippen molar-refractivity contribution >= 4 is 27.2 Å². The Balaban J connectivity index is 1.77. The van der Waals surface area contributed by atoms with Crippen LogP contribution >= 0.6 is 15.9 Å². The summed E-state index contributed by atoms with van der Waals surface area (Å²) in [6.45, 7) is 4.50. The zero-order chi connectivity index (χ0) is 15.5. The average molecular weight is 354 g/mol. The van der Waals surface area contributed by atoms with Crippen molar-refractivity contribution in [1.82, 2.24) is 0 Å². The summed E-state index contributed by atoms with van der Waals surface area (Å²) in [5.41, 5.74) is 6.26. The van der Waals surface area contributed by atoms with Crippen LogP contribution in [0.4, 0.5) is 0 Å². The number of allylic oxidation sites excluding steroid dienone is 1. The third-order valence-corrected chi connectivity index (χ3v) is 4.54. The molecule has 2 aromatic rings. The van der Waals surface area contributed by atoms with Gasteiger partial charge in [-0.2, -0.15) is 0 Å². The standard InChI is InChI=1S/C20H20BrN/c1-14(2)12-15-8-10-17(11-9-15)19-13-18(20(21)22-19)16-6-4-3-5-7-16/h3-11,14H,12-13H2,1-2H3. The Kier molecular flexibility index (Phi) is 4.58. The van der Waals surface area contributed by atoms with E-state index in [2.05, 4.69) is 78.3 Å². The molecule has 1 nitrogen and oxygen atoms in total. The maximum Gasteiger partial charge on any atom is 0.110 e. The maximum absolute atomic E-state index is 4.72. The molecule has 22 heavy (non-hydrogen) atoms. The first-order valence-corrected chi connectivity index (χ1v) is 8.53. The van der Waals surface area contributed by atoms with E-state index in [4.69, 9.17) is 4.99 Å². The molecule has 0 N–H and O–H groups in total. The zero-order valence-corrected chi connectivity index (χ0v) is 14.6. The topological polar surface area (TPSA) is 12.4 Å². The van der Waals surface area contributed by atoms with Crippen LogP contribution < -0.4 is 0 Å². The van der Waals surface area contributed by atoms with Gasteiger partial charge in [-0.3, -0.25) is 0 Å². The quantitative estimate of drug-likeness (QED) is 0.612. The number of hydrogen-bond acceptors (Lipinski definition) is 1. The van der Waals surface area contributed by atoms with E-state index in [9.17, 15) is 0 Å². The Morgan fingerprint density at radius 2 is 1.64 bits per heavy atom. The third kappa shape index (κ3) is 3.38. The van der Waals surface area contributed by atoms with Crippen LogP contribution in [0.25, 0.3) is 5.57 Å². The molecule has 2 heteroatoms. The fraction of sp³-hybridized carbons (Fsp3) is 0.250. The van der Waals surface area contributed by atoms with Crippen LogP contribution in [-0.2, 0) is 6.42 Å². The smallest absolute Gasteiger partial charge is 0.110 e. The summed E-state index contributed by atoms with van der Waals surface area (Å²) >= 11 is 3.62. The van der Waals surface area contributed by atoms with Gasteiger partial charge in [0.2, 0.25) is 0 Å². The minimum absolute atomic E-state index is 0.690. The molecule has 1 heterocycles. The van der Waals surface area contributed by atoms with Crippen molar-refractivity contribution in [3.63, 3.8) is 0 Å². The number of hydrogen-bond donors (Lipinski definition) is 0. The second kappa shape index (κ2) is 6.62. The van der Waals surface area contributed by atoms with Gasteiger partial charge in [-0.05, 0) is 50.5 Å². The van der Waals surface area contributed by atoms with Gasteiger partial charge in [0.05, 0.1) is 5.71 Å². The molecule has 112 valence electrons. The monoisotopic (exact) mass is 353 g/mol. The highest BCUT2D eigenvalue weighted by atomic mass is 79.9. The van der Waals surface area contributed by atoms with E-state index in [0.717, 1.165) is 23.2 Å². The van der Waals surface area contributed by atoms with Crippen molar-refractivity contribution in [1.29, 1.82) is 0 Å². The average Bonchev–Trinajstić information content (AvgIpc) is 2.90. The molecule has 0 bridgehead atoms. The van der Waals surface area contributed by atoms with Crippen molar-refractivity contribution in [3.8, 4) is 0 Å². The molecule has 0 saturated heterocycles. The minimum atomic E-state index is 0.690. The first-order valence-electron chi connectivity index (χ1n) is 7.74. The first-order chi connectivity index (χ1) is 10.6. The molecule has 1 aliphatic heterocycles. The number of halogens is 1. The third-order valence-electron chi connectivity index (χ3n) is 3.88. The second-order valence-corrected chi connectivity index (χ2v) is 6.92. The Morgan fingerprint density at radius 3 is 2.27 bits per heavy atom. The molecule has 2 aromatic carbocycles. The normalized spacial score (nSPS) is 14.6. The fourth-order valence-corrected chi connectivity index (χ4v) is 3.38. The van der Waals surface area contributed by atoms with Gasteiger partial charge in [0.15, 0.2) is 0 Å². The minimum Gasteiger partial charge on any atom is -0.245 e. The highest BCUT2D eigenvalue weighted by Gasteiger charge is 2.18. The maximum atomic E-state index is 4.72. The highest BCUT2D eigenvalue weighted by molar-refractivity contribution is 9.11. The lowest BCUT2D eigenvalue weighted by molar-refractivity contribution is 0.647. The molecule has 0 amide bonds. The molecular weight excluding hydrogens is 334 g/mol. The van der Waals surface area contributed by atoms with Gasteiger partial charge in [0, 0.05) is 6.42 Å². The Bertz CT molecular complexity index is 709. The molecule has 0 aromatic heterocycles. The van der Waals surface area contributed by atoms with Crippen molar-refractivity contribution in [2.24, 2.45) is 10.9 Å². The second-order valence-electron chi connectivity index (χ2n) is 6.17. The van der Waals surface area contributed by atoms with Crippen LogP contribution in [-0.4, -0.2) is 5.71 Å². The summed E-state index contributed by atoms with van der Waals surface area (Å²) in [4.78, 5) is 4.72. The van der Waals surface area contributed by atoms with Crippen LogP contribution in [0.1, 0.15) is 37.0 Å². The van der Waals surface area contributed by atoms with Crippen molar-refractivity contribution in [3.05, 3.63) is 75.9 Å². The Hall–Kier alpha value is -1.67. The van der Waals surface area contributed by atoms with Gasteiger partial charge in [-0.25, -0.2) is 4.99 Å². The number of nitrogens with zero attached hydrogens (tertiary/aromatic N) is 1. The van der Waals surface area contributed by atoms with Crippen molar-refractivity contribution < 1.29 is 0 Å². The molecule has 0 radical (unpaired) electrons. The predicted molar refractivity (Wildman–Crippen MR) is 98.4 cm³/mol. The van der Waals surface area contributed by atoms with Crippen LogP contribution in [0.2, 0.25) is 0 Å². The molecule has 0 atom stereocenters. The van der Waals surface area contributed by atoms with Gasteiger partial charge in [-0.1, -0.05) is 68.4 Å². The number of benzene rings is 2. The zero-order valence-electron chi connectivity index (χ0n) is 13.0. The van der Waals surface area contributed by atoms with Gasteiger partial charge in [0.25, 0.3) is 0 Å². The van der Waals surface area contributed by atoms with Gasteiger partial charge in [-0.15, -0.1) is 0 Å². The van der Waals surface area contributed by atoms with E-state index in [1.807, 2.05) is 6.07 Å². The van der Waals surface area contributed by atoms with E-state index >= 15 is 0 Å². The van der Waals surface area contributed by atoms with E-state index in [0.29, 0.717) is 5.92 Å². The summed E-state index contributed by atoms with van der Waals surface area (Å²) in [6.07, 6.45) is 2.01. The van der Waals surface area contributed by atoms with Crippen molar-refractivity contribution in [2.45, 2.75) is 26.7 Å². The van der Waals surface area contributed by atoms with Gasteiger partial charge in [0.1, 0.15) is 4.61 Å². The molecule has 3 rings (SSSR count). The molecular formula is C20H20BrN. The van der Waals surface area contributed by atoms with Crippen LogP contribution in [0.3, 0.4) is 0 Å². The molecule has 0 spiro atoms. The largest absolute Gasteiger partial charge is 0.245 e. The van der Waals surface area contributed by atoms with Gasteiger partial charge >= 0.3 is 0 Å². The summed E-state index contributed by atoms with van der Waals surface area (Å²) in [6, 6.07) is 19.3. The fourth-order valence-electron chi connectivity index (χ4n) is 2.80. The van der Waals surface area contributed by atoms with E-state index < -0.39 is 0 Å². The lowest BCUT2D eigenvalue weighted by Gasteiger charge is -2.07. The van der Waals surface area contributed by atoms with Crippen LogP contribution in [0, 0.1) is 5.92 Å².